The van der Waals surface area contributed by atoms with E-state index >= 15 is 0 Å². The van der Waals surface area contributed by atoms with Crippen molar-refractivity contribution >= 4 is 32.5 Å². The molecule has 0 aliphatic rings. The second-order valence-electron chi connectivity index (χ2n) is 5.21. The lowest BCUT2D eigenvalue weighted by atomic mass is 9.98. The molecule has 0 aliphatic heterocycles. The van der Waals surface area contributed by atoms with Gasteiger partial charge in [-0.1, -0.05) is 36.4 Å². The van der Waals surface area contributed by atoms with E-state index < -0.39 is 5.63 Å². The van der Waals surface area contributed by atoms with Crippen molar-refractivity contribution in [1.82, 2.24) is 0 Å². The molecule has 0 saturated carbocycles. The minimum atomic E-state index is -0.427. The third-order valence-electron chi connectivity index (χ3n) is 3.93. The standard InChI is InChI=1S/C18H12O3/c1-10-5-4-8-14-15(10)16-13(18(20)21-14)9-11-6-2-3-7-12(11)17(16)19/h2-9,19H,1H3. The van der Waals surface area contributed by atoms with E-state index in [-0.39, 0.29) is 5.75 Å². The Morgan fingerprint density at radius 3 is 2.62 bits per heavy atom. The molecule has 3 nitrogen and oxygen atoms in total. The Labute approximate surface area is 120 Å². The van der Waals surface area contributed by atoms with Gasteiger partial charge in [-0.15, -0.1) is 0 Å². The Kier molecular flexibility index (Phi) is 2.33. The van der Waals surface area contributed by atoms with Crippen LogP contribution in [0.4, 0.5) is 0 Å². The molecule has 0 unspecified atom stereocenters. The van der Waals surface area contributed by atoms with Crippen LogP contribution in [0.25, 0.3) is 32.5 Å². The number of phenols is 1. The molecule has 0 radical (unpaired) electrons. The highest BCUT2D eigenvalue weighted by Gasteiger charge is 2.15. The summed E-state index contributed by atoms with van der Waals surface area (Å²) < 4.78 is 5.39. The first-order chi connectivity index (χ1) is 10.2. The molecule has 1 heterocycles. The fourth-order valence-corrected chi connectivity index (χ4v) is 2.94. The minimum Gasteiger partial charge on any atom is -0.507 e. The Hall–Kier alpha value is -2.81. The summed E-state index contributed by atoms with van der Waals surface area (Å²) >= 11 is 0. The van der Waals surface area contributed by atoms with E-state index in [1.807, 2.05) is 43.3 Å². The molecule has 0 atom stereocenters. The number of aromatic hydroxyl groups is 1. The van der Waals surface area contributed by atoms with E-state index in [1.54, 1.807) is 12.1 Å². The predicted molar refractivity (Wildman–Crippen MR) is 83.9 cm³/mol. The Balaban J connectivity index is 2.42. The van der Waals surface area contributed by atoms with Gasteiger partial charge >= 0.3 is 5.63 Å². The van der Waals surface area contributed by atoms with Crippen molar-refractivity contribution in [3.8, 4) is 5.75 Å². The van der Waals surface area contributed by atoms with Crippen molar-refractivity contribution in [2.75, 3.05) is 0 Å². The zero-order chi connectivity index (χ0) is 14.6. The maximum Gasteiger partial charge on any atom is 0.344 e. The molecule has 102 valence electrons. The highest BCUT2D eigenvalue weighted by atomic mass is 16.4. The van der Waals surface area contributed by atoms with Gasteiger partial charge in [-0.3, -0.25) is 0 Å². The molecule has 4 rings (SSSR count). The van der Waals surface area contributed by atoms with E-state index in [0.29, 0.717) is 16.4 Å². The average Bonchev–Trinajstić information content (AvgIpc) is 2.48. The first kappa shape index (κ1) is 12.0. The fraction of sp³-hybridized carbons (Fsp3) is 0.0556. The monoisotopic (exact) mass is 276 g/mol. The number of phenolic OH excluding ortho intramolecular Hbond substituents is 1. The number of hydrogen-bond acceptors (Lipinski definition) is 3. The fourth-order valence-electron chi connectivity index (χ4n) is 2.94. The predicted octanol–water partition coefficient (Wildman–Crippen LogP) is 4.11. The van der Waals surface area contributed by atoms with E-state index in [9.17, 15) is 9.90 Å². The molecule has 0 spiro atoms. The van der Waals surface area contributed by atoms with Crippen molar-refractivity contribution in [3.63, 3.8) is 0 Å². The van der Waals surface area contributed by atoms with Crippen LogP contribution < -0.4 is 5.63 Å². The van der Waals surface area contributed by atoms with Crippen LogP contribution in [0.15, 0.2) is 57.7 Å². The lowest BCUT2D eigenvalue weighted by molar-refractivity contribution is 0.487. The Morgan fingerprint density at radius 2 is 1.76 bits per heavy atom. The third-order valence-corrected chi connectivity index (χ3v) is 3.93. The maximum absolute atomic E-state index is 12.2. The second-order valence-corrected chi connectivity index (χ2v) is 5.21. The minimum absolute atomic E-state index is 0.135. The second kappa shape index (κ2) is 4.09. The number of rotatable bonds is 0. The van der Waals surface area contributed by atoms with Gasteiger partial charge in [0.2, 0.25) is 0 Å². The molecule has 3 heteroatoms. The maximum atomic E-state index is 12.2. The van der Waals surface area contributed by atoms with Crippen molar-refractivity contribution in [2.45, 2.75) is 6.92 Å². The van der Waals surface area contributed by atoms with Gasteiger partial charge in [0.1, 0.15) is 11.3 Å². The molecule has 0 amide bonds. The van der Waals surface area contributed by atoms with Gasteiger partial charge in [-0.05, 0) is 30.0 Å². The van der Waals surface area contributed by atoms with Crippen LogP contribution in [-0.2, 0) is 0 Å². The van der Waals surface area contributed by atoms with Gasteiger partial charge in [-0.25, -0.2) is 4.79 Å². The summed E-state index contributed by atoms with van der Waals surface area (Å²) in [6.45, 7) is 1.94. The third kappa shape index (κ3) is 1.57. The number of hydrogen-bond donors (Lipinski definition) is 1. The highest BCUT2D eigenvalue weighted by Crippen LogP contribution is 2.37. The summed E-state index contributed by atoms with van der Waals surface area (Å²) in [5, 5.41) is 14.0. The summed E-state index contributed by atoms with van der Waals surface area (Å²) in [6.07, 6.45) is 0. The van der Waals surface area contributed by atoms with Crippen LogP contribution in [0.5, 0.6) is 5.75 Å². The molecule has 1 N–H and O–H groups in total. The van der Waals surface area contributed by atoms with Crippen LogP contribution in [0.1, 0.15) is 5.56 Å². The van der Waals surface area contributed by atoms with Crippen LogP contribution in [0.3, 0.4) is 0 Å². The lowest BCUT2D eigenvalue weighted by Crippen LogP contribution is -2.01. The average molecular weight is 276 g/mol. The van der Waals surface area contributed by atoms with Gasteiger partial charge in [-0.2, -0.15) is 0 Å². The van der Waals surface area contributed by atoms with Crippen molar-refractivity contribution in [1.29, 1.82) is 0 Å². The molecule has 0 saturated heterocycles. The summed E-state index contributed by atoms with van der Waals surface area (Å²) in [7, 11) is 0. The largest absolute Gasteiger partial charge is 0.507 e. The summed E-state index contributed by atoms with van der Waals surface area (Å²) in [4.78, 5) is 12.2. The molecule has 0 aliphatic carbocycles. The summed E-state index contributed by atoms with van der Waals surface area (Å²) in [6, 6.07) is 14.8. The zero-order valence-electron chi connectivity index (χ0n) is 11.4. The highest BCUT2D eigenvalue weighted by molar-refractivity contribution is 6.15. The first-order valence-corrected chi connectivity index (χ1v) is 6.73. The van der Waals surface area contributed by atoms with Gasteiger partial charge in [0.25, 0.3) is 0 Å². The van der Waals surface area contributed by atoms with Gasteiger partial charge in [0.15, 0.2) is 0 Å². The van der Waals surface area contributed by atoms with Gasteiger partial charge < -0.3 is 9.52 Å². The summed E-state index contributed by atoms with van der Waals surface area (Å²) in [5.41, 5.74) is 1.04. The quantitative estimate of drug-likeness (QED) is 0.299. The van der Waals surface area contributed by atoms with Crippen LogP contribution in [0.2, 0.25) is 0 Å². The molecule has 1 aromatic heterocycles. The van der Waals surface area contributed by atoms with E-state index in [0.717, 1.165) is 21.7 Å². The van der Waals surface area contributed by atoms with Crippen molar-refractivity contribution < 1.29 is 9.52 Å². The van der Waals surface area contributed by atoms with Gasteiger partial charge in [0.05, 0.1) is 5.39 Å². The smallest absolute Gasteiger partial charge is 0.344 e. The molecule has 3 aromatic carbocycles. The number of benzene rings is 3. The summed E-state index contributed by atoms with van der Waals surface area (Å²) in [5.74, 6) is 0.135. The molecule has 4 aromatic rings. The van der Waals surface area contributed by atoms with E-state index in [4.69, 9.17) is 4.42 Å². The zero-order valence-corrected chi connectivity index (χ0v) is 11.4. The van der Waals surface area contributed by atoms with Crippen LogP contribution >= 0.6 is 0 Å². The topological polar surface area (TPSA) is 50.4 Å². The molecule has 21 heavy (non-hydrogen) atoms. The number of fused-ring (bicyclic) bond motifs is 4. The molecular weight excluding hydrogens is 264 g/mol. The van der Waals surface area contributed by atoms with Crippen LogP contribution in [0, 0.1) is 6.92 Å². The van der Waals surface area contributed by atoms with Crippen LogP contribution in [-0.4, -0.2) is 5.11 Å². The number of aryl methyl sites for hydroxylation is 1. The normalized spacial score (nSPS) is 11.5. The SMILES string of the molecule is Cc1cccc2oc(=O)c3cc4ccccc4c(O)c3c12. The lowest BCUT2D eigenvalue weighted by Gasteiger charge is -2.09. The Bertz CT molecular complexity index is 1070. The van der Waals surface area contributed by atoms with E-state index in [1.165, 1.54) is 0 Å². The Morgan fingerprint density at radius 1 is 0.952 bits per heavy atom. The van der Waals surface area contributed by atoms with Crippen molar-refractivity contribution in [2.24, 2.45) is 0 Å². The van der Waals surface area contributed by atoms with Crippen molar-refractivity contribution in [3.05, 3.63) is 64.5 Å². The van der Waals surface area contributed by atoms with E-state index in [2.05, 4.69) is 0 Å². The van der Waals surface area contributed by atoms with Gasteiger partial charge in [0, 0.05) is 16.2 Å². The first-order valence-electron chi connectivity index (χ1n) is 6.73. The molecule has 0 bridgehead atoms. The molecule has 0 fully saturated rings. The molecular formula is C18H12O3.